The number of rotatable bonds is 6. The molecule has 0 spiro atoms. The third kappa shape index (κ3) is 5.88. The lowest BCUT2D eigenvalue weighted by Crippen LogP contribution is -2.40. The third-order valence-corrected chi connectivity index (χ3v) is 6.62. The summed E-state index contributed by atoms with van der Waals surface area (Å²) in [6, 6.07) is 9.54. The Morgan fingerprint density at radius 2 is 1.74 bits per heavy atom. The summed E-state index contributed by atoms with van der Waals surface area (Å²) in [5, 5.41) is 7.15. The highest BCUT2D eigenvalue weighted by Gasteiger charge is 2.24. The molecule has 146 valence electrons. The Morgan fingerprint density at radius 1 is 1.11 bits per heavy atom. The number of carbonyl (C=O) groups excluding carboxylic acids is 2. The largest absolute Gasteiger partial charge is 0.347 e. The van der Waals surface area contributed by atoms with E-state index in [9.17, 15) is 18.0 Å². The Bertz CT molecular complexity index is 899. The number of hydrogen-bond donors (Lipinski definition) is 2. The lowest BCUT2D eigenvalue weighted by molar-refractivity contribution is -0.116. The van der Waals surface area contributed by atoms with Gasteiger partial charge >= 0.3 is 0 Å². The van der Waals surface area contributed by atoms with E-state index in [2.05, 4.69) is 10.6 Å². The van der Waals surface area contributed by atoms with Crippen LogP contribution in [0.5, 0.6) is 0 Å². The highest BCUT2D eigenvalue weighted by atomic mass is 32.2. The first kappa shape index (κ1) is 21.1. The minimum absolute atomic E-state index is 0.187. The first-order valence-electron chi connectivity index (χ1n) is 8.21. The van der Waals surface area contributed by atoms with Crippen molar-refractivity contribution in [2.24, 2.45) is 0 Å². The van der Waals surface area contributed by atoms with Crippen LogP contribution in [0.3, 0.4) is 0 Å². The van der Waals surface area contributed by atoms with Crippen LogP contribution in [0.15, 0.2) is 46.0 Å². The number of carbonyl (C=O) groups is 2. The van der Waals surface area contributed by atoms with Crippen LogP contribution in [0.4, 0.5) is 5.69 Å². The van der Waals surface area contributed by atoms with Gasteiger partial charge < -0.3 is 10.6 Å². The van der Waals surface area contributed by atoms with Crippen molar-refractivity contribution in [1.82, 2.24) is 9.62 Å². The van der Waals surface area contributed by atoms with E-state index in [4.69, 9.17) is 0 Å². The standard InChI is InChI=1S/C18H23N3O4S2/c1-18(2,3)20-17(23)13-7-9-14(10-8-13)19-15(22)12-21(4)27(24,25)16-6-5-11-26-16/h5-11H,12H2,1-4H3,(H,19,22)(H,20,23). The Labute approximate surface area is 163 Å². The molecule has 0 aliphatic carbocycles. The summed E-state index contributed by atoms with van der Waals surface area (Å²) in [5.41, 5.74) is 0.609. The van der Waals surface area contributed by atoms with Gasteiger partial charge in [-0.15, -0.1) is 11.3 Å². The average Bonchev–Trinajstić information content (AvgIpc) is 3.08. The maximum atomic E-state index is 12.3. The third-order valence-electron chi connectivity index (χ3n) is 3.45. The molecule has 1 aromatic carbocycles. The topological polar surface area (TPSA) is 95.6 Å². The molecule has 0 radical (unpaired) electrons. The van der Waals surface area contributed by atoms with Gasteiger partial charge in [-0.2, -0.15) is 4.31 Å². The van der Waals surface area contributed by atoms with E-state index < -0.39 is 15.9 Å². The Morgan fingerprint density at radius 3 is 2.26 bits per heavy atom. The van der Waals surface area contributed by atoms with Gasteiger partial charge in [0.25, 0.3) is 15.9 Å². The summed E-state index contributed by atoms with van der Waals surface area (Å²) in [7, 11) is -2.32. The number of thiophene rings is 1. The molecule has 2 N–H and O–H groups in total. The second-order valence-corrected chi connectivity index (χ2v) is 10.2. The van der Waals surface area contributed by atoms with Crippen molar-refractivity contribution < 1.29 is 18.0 Å². The van der Waals surface area contributed by atoms with Crippen molar-refractivity contribution in [1.29, 1.82) is 0 Å². The van der Waals surface area contributed by atoms with E-state index in [0.717, 1.165) is 15.6 Å². The molecule has 2 rings (SSSR count). The first-order chi connectivity index (χ1) is 12.5. The number of nitrogens with one attached hydrogen (secondary N) is 2. The molecule has 0 unspecified atom stereocenters. The van der Waals surface area contributed by atoms with Crippen molar-refractivity contribution in [3.05, 3.63) is 47.3 Å². The van der Waals surface area contributed by atoms with E-state index in [0.29, 0.717) is 11.3 Å². The second kappa shape index (κ2) is 8.20. The Hall–Kier alpha value is -2.23. The molecule has 7 nitrogen and oxygen atoms in total. The molecule has 9 heteroatoms. The molecule has 0 fully saturated rings. The van der Waals surface area contributed by atoms with Crippen LogP contribution in [0.1, 0.15) is 31.1 Å². The fraction of sp³-hybridized carbons (Fsp3) is 0.333. The van der Waals surface area contributed by atoms with Gasteiger partial charge in [-0.25, -0.2) is 8.42 Å². The number of sulfonamides is 1. The quantitative estimate of drug-likeness (QED) is 0.766. The number of benzene rings is 1. The zero-order chi connectivity index (χ0) is 20.2. The number of nitrogens with zero attached hydrogens (tertiary/aromatic N) is 1. The highest BCUT2D eigenvalue weighted by Crippen LogP contribution is 2.19. The summed E-state index contributed by atoms with van der Waals surface area (Å²) in [5.74, 6) is -0.674. The summed E-state index contributed by atoms with van der Waals surface area (Å²) in [6.07, 6.45) is 0. The number of likely N-dealkylation sites (N-methyl/N-ethyl adjacent to an activating group) is 1. The number of hydrogen-bond acceptors (Lipinski definition) is 5. The molecular weight excluding hydrogens is 386 g/mol. The lowest BCUT2D eigenvalue weighted by atomic mass is 10.1. The van der Waals surface area contributed by atoms with Gasteiger partial charge in [0.05, 0.1) is 6.54 Å². The monoisotopic (exact) mass is 409 g/mol. The Balaban J connectivity index is 1.97. The van der Waals surface area contributed by atoms with Gasteiger partial charge in [0.2, 0.25) is 5.91 Å². The molecule has 0 saturated carbocycles. The van der Waals surface area contributed by atoms with Crippen LogP contribution in [-0.4, -0.2) is 43.7 Å². The fourth-order valence-electron chi connectivity index (χ4n) is 2.17. The molecule has 0 saturated heterocycles. The van der Waals surface area contributed by atoms with Gasteiger partial charge in [-0.1, -0.05) is 6.07 Å². The highest BCUT2D eigenvalue weighted by molar-refractivity contribution is 7.91. The van der Waals surface area contributed by atoms with Gasteiger partial charge in [-0.3, -0.25) is 9.59 Å². The molecule has 0 atom stereocenters. The van der Waals surface area contributed by atoms with Crippen molar-refractivity contribution >= 4 is 38.9 Å². The van der Waals surface area contributed by atoms with Gasteiger partial charge in [-0.05, 0) is 56.5 Å². The Kier molecular flexibility index (Phi) is 6.40. The predicted molar refractivity (Wildman–Crippen MR) is 106 cm³/mol. The minimum atomic E-state index is -3.68. The molecule has 2 amide bonds. The number of anilines is 1. The van der Waals surface area contributed by atoms with Gasteiger partial charge in [0, 0.05) is 23.8 Å². The van der Waals surface area contributed by atoms with E-state index >= 15 is 0 Å². The zero-order valence-electron chi connectivity index (χ0n) is 15.6. The summed E-state index contributed by atoms with van der Waals surface area (Å²) >= 11 is 1.10. The summed E-state index contributed by atoms with van der Waals surface area (Å²) in [6.45, 7) is 5.35. The van der Waals surface area contributed by atoms with Crippen LogP contribution in [0, 0.1) is 0 Å². The van der Waals surface area contributed by atoms with Crippen LogP contribution >= 0.6 is 11.3 Å². The van der Waals surface area contributed by atoms with Crippen molar-refractivity contribution in [2.75, 3.05) is 18.9 Å². The van der Waals surface area contributed by atoms with Crippen molar-refractivity contribution in [3.63, 3.8) is 0 Å². The lowest BCUT2D eigenvalue weighted by Gasteiger charge is -2.20. The van der Waals surface area contributed by atoms with E-state index in [1.54, 1.807) is 35.7 Å². The van der Waals surface area contributed by atoms with Crippen LogP contribution in [-0.2, 0) is 14.8 Å². The summed E-state index contributed by atoms with van der Waals surface area (Å²) < 4.78 is 25.8. The van der Waals surface area contributed by atoms with E-state index in [1.807, 2.05) is 20.8 Å². The van der Waals surface area contributed by atoms with E-state index in [1.165, 1.54) is 13.1 Å². The molecule has 0 aliphatic heterocycles. The molecule has 1 heterocycles. The van der Waals surface area contributed by atoms with Crippen LogP contribution < -0.4 is 10.6 Å². The zero-order valence-corrected chi connectivity index (χ0v) is 17.3. The molecule has 0 bridgehead atoms. The normalized spacial score (nSPS) is 12.0. The summed E-state index contributed by atoms with van der Waals surface area (Å²) in [4.78, 5) is 24.2. The molecule has 2 aromatic rings. The molecule has 1 aromatic heterocycles. The maximum Gasteiger partial charge on any atom is 0.252 e. The smallest absolute Gasteiger partial charge is 0.252 e. The number of amides is 2. The van der Waals surface area contributed by atoms with Crippen LogP contribution in [0.2, 0.25) is 0 Å². The molecule has 0 aliphatic rings. The predicted octanol–water partition coefficient (Wildman–Crippen LogP) is 2.54. The van der Waals surface area contributed by atoms with Crippen LogP contribution in [0.25, 0.3) is 0 Å². The van der Waals surface area contributed by atoms with Gasteiger partial charge in [0.15, 0.2) is 0 Å². The SMILES string of the molecule is CN(CC(=O)Nc1ccc(C(=O)NC(C)(C)C)cc1)S(=O)(=O)c1cccs1. The fourth-order valence-corrected chi connectivity index (χ4v) is 4.50. The van der Waals surface area contributed by atoms with Crippen molar-refractivity contribution in [3.8, 4) is 0 Å². The van der Waals surface area contributed by atoms with E-state index in [-0.39, 0.29) is 22.2 Å². The molecule has 27 heavy (non-hydrogen) atoms. The van der Waals surface area contributed by atoms with Gasteiger partial charge in [0.1, 0.15) is 4.21 Å². The average molecular weight is 410 g/mol. The first-order valence-corrected chi connectivity index (χ1v) is 10.5. The van der Waals surface area contributed by atoms with Crippen molar-refractivity contribution in [2.45, 2.75) is 30.5 Å². The minimum Gasteiger partial charge on any atom is -0.347 e. The second-order valence-electron chi connectivity index (χ2n) is 7.02. The molecular formula is C18H23N3O4S2. The maximum absolute atomic E-state index is 12.3.